The van der Waals surface area contributed by atoms with E-state index in [1.807, 2.05) is 0 Å². The molecule has 0 heterocycles. The van der Waals surface area contributed by atoms with Gasteiger partial charge in [0.15, 0.2) is 0 Å². The van der Waals surface area contributed by atoms with Gasteiger partial charge in [-0.25, -0.2) is 0 Å². The molecule has 0 aliphatic carbocycles. The van der Waals surface area contributed by atoms with Gasteiger partial charge >= 0.3 is 11.9 Å². The molecule has 0 bridgehead atoms. The molecule has 0 rings (SSSR count). The van der Waals surface area contributed by atoms with E-state index in [2.05, 4.69) is 6.92 Å². The monoisotopic (exact) mass is 510 g/mol. The molecule has 0 aromatic carbocycles. The van der Waals surface area contributed by atoms with Crippen LogP contribution in [0.3, 0.4) is 0 Å². The molecule has 4 nitrogen and oxygen atoms in total. The first-order valence-corrected chi connectivity index (χ1v) is 15.9. The minimum absolute atomic E-state index is 0.213. The first kappa shape index (κ1) is 34.9. The summed E-state index contributed by atoms with van der Waals surface area (Å²) in [5.74, 6) is -0.826. The Labute approximate surface area is 225 Å². The van der Waals surface area contributed by atoms with Crippen molar-refractivity contribution in [2.24, 2.45) is 5.92 Å². The van der Waals surface area contributed by atoms with E-state index < -0.39 is 6.29 Å². The molecular weight excluding hydrogens is 448 g/mol. The van der Waals surface area contributed by atoms with Crippen molar-refractivity contribution in [3.05, 3.63) is 0 Å². The smallest absolute Gasteiger partial charge is 0.311 e. The standard InChI is InChI=1S/C32H62O4/c1-5-6-7-8-9-10-11-12-13-14-15-16-17-18-19-20-21-22-23-24-25-26-27-28-31(33)35-30(4)36-32(34)29(2)3/h29-30H,5-28H2,1-4H3. The third-order valence-electron chi connectivity index (χ3n) is 7.04. The average Bonchev–Trinajstić information content (AvgIpc) is 2.84. The Hall–Kier alpha value is -1.06. The van der Waals surface area contributed by atoms with E-state index >= 15 is 0 Å². The van der Waals surface area contributed by atoms with Crippen LogP contribution in [0.4, 0.5) is 0 Å². The number of esters is 2. The highest BCUT2D eigenvalue weighted by molar-refractivity contribution is 5.72. The van der Waals surface area contributed by atoms with E-state index in [1.165, 1.54) is 135 Å². The van der Waals surface area contributed by atoms with Crippen LogP contribution in [-0.4, -0.2) is 18.2 Å². The van der Waals surface area contributed by atoms with E-state index in [4.69, 9.17) is 9.47 Å². The highest BCUT2D eigenvalue weighted by Crippen LogP contribution is 2.16. The van der Waals surface area contributed by atoms with Gasteiger partial charge in [0.1, 0.15) is 0 Å². The fourth-order valence-corrected chi connectivity index (χ4v) is 4.62. The first-order valence-electron chi connectivity index (χ1n) is 15.9. The van der Waals surface area contributed by atoms with Crippen molar-refractivity contribution < 1.29 is 19.1 Å². The molecule has 0 amide bonds. The van der Waals surface area contributed by atoms with Gasteiger partial charge in [-0.1, -0.05) is 162 Å². The van der Waals surface area contributed by atoms with Gasteiger partial charge in [0.25, 0.3) is 0 Å². The zero-order chi connectivity index (χ0) is 26.7. The van der Waals surface area contributed by atoms with Crippen molar-refractivity contribution in [3.63, 3.8) is 0 Å². The third kappa shape index (κ3) is 26.0. The molecule has 36 heavy (non-hydrogen) atoms. The van der Waals surface area contributed by atoms with Crippen LogP contribution >= 0.6 is 0 Å². The molecule has 0 spiro atoms. The van der Waals surface area contributed by atoms with E-state index in [-0.39, 0.29) is 17.9 Å². The summed E-state index contributed by atoms with van der Waals surface area (Å²) in [7, 11) is 0. The number of rotatable bonds is 27. The van der Waals surface area contributed by atoms with Crippen molar-refractivity contribution in [2.45, 2.75) is 188 Å². The Bertz CT molecular complexity index is 489. The van der Waals surface area contributed by atoms with Crippen LogP contribution in [0.2, 0.25) is 0 Å². The summed E-state index contributed by atoms with van der Waals surface area (Å²) in [6.45, 7) is 7.41. The molecule has 4 heteroatoms. The summed E-state index contributed by atoms with van der Waals surface area (Å²) in [6, 6.07) is 0. The number of hydrogen-bond donors (Lipinski definition) is 0. The van der Waals surface area contributed by atoms with Gasteiger partial charge in [-0.2, -0.15) is 0 Å². The summed E-state index contributed by atoms with van der Waals surface area (Å²) in [4.78, 5) is 23.3. The zero-order valence-corrected chi connectivity index (χ0v) is 24.8. The van der Waals surface area contributed by atoms with E-state index in [0.717, 1.165) is 12.8 Å². The highest BCUT2D eigenvalue weighted by atomic mass is 16.7. The summed E-state index contributed by atoms with van der Waals surface area (Å²) in [6.07, 6.45) is 30.9. The molecule has 0 aliphatic rings. The maximum absolute atomic E-state index is 11.8. The van der Waals surface area contributed by atoms with Crippen LogP contribution in [0.5, 0.6) is 0 Å². The second-order valence-corrected chi connectivity index (χ2v) is 11.2. The van der Waals surface area contributed by atoms with Gasteiger partial charge in [-0.3, -0.25) is 9.59 Å². The van der Waals surface area contributed by atoms with Crippen LogP contribution in [0, 0.1) is 5.92 Å². The fourth-order valence-electron chi connectivity index (χ4n) is 4.62. The second-order valence-electron chi connectivity index (χ2n) is 11.2. The van der Waals surface area contributed by atoms with Gasteiger partial charge in [-0.05, 0) is 6.42 Å². The third-order valence-corrected chi connectivity index (χ3v) is 7.04. The molecule has 0 saturated carbocycles. The van der Waals surface area contributed by atoms with Crippen molar-refractivity contribution in [2.75, 3.05) is 0 Å². The first-order chi connectivity index (χ1) is 17.5. The van der Waals surface area contributed by atoms with Gasteiger partial charge in [-0.15, -0.1) is 0 Å². The average molecular weight is 511 g/mol. The van der Waals surface area contributed by atoms with Gasteiger partial charge in [0.05, 0.1) is 5.92 Å². The number of hydrogen-bond acceptors (Lipinski definition) is 4. The largest absolute Gasteiger partial charge is 0.425 e. The molecule has 0 saturated heterocycles. The number of carbonyl (C=O) groups excluding carboxylic acids is 2. The fraction of sp³-hybridized carbons (Fsp3) is 0.938. The molecule has 0 aromatic rings. The lowest BCUT2D eigenvalue weighted by molar-refractivity contribution is -0.186. The molecule has 0 radical (unpaired) electrons. The Morgan fingerprint density at radius 3 is 1.08 bits per heavy atom. The summed E-state index contributed by atoms with van der Waals surface area (Å²) >= 11 is 0. The second kappa shape index (κ2) is 27.0. The molecule has 0 N–H and O–H groups in total. The maximum atomic E-state index is 11.8. The minimum atomic E-state index is -0.795. The zero-order valence-electron chi connectivity index (χ0n) is 24.8. The summed E-state index contributed by atoms with van der Waals surface area (Å²) in [5, 5.41) is 0. The van der Waals surface area contributed by atoms with Gasteiger partial charge < -0.3 is 9.47 Å². The SMILES string of the molecule is CCCCCCCCCCCCCCCCCCCCCCCCCC(=O)OC(C)OC(=O)C(C)C. The lowest BCUT2D eigenvalue weighted by Crippen LogP contribution is -2.24. The van der Waals surface area contributed by atoms with E-state index in [1.54, 1.807) is 20.8 Å². The molecule has 0 aromatic heterocycles. The summed E-state index contributed by atoms with van der Waals surface area (Å²) in [5.41, 5.74) is 0. The molecule has 1 atom stereocenters. The van der Waals surface area contributed by atoms with Crippen molar-refractivity contribution in [1.29, 1.82) is 0 Å². The number of carbonyl (C=O) groups is 2. The van der Waals surface area contributed by atoms with Crippen LogP contribution in [0.25, 0.3) is 0 Å². The van der Waals surface area contributed by atoms with Crippen LogP contribution in [0.15, 0.2) is 0 Å². The van der Waals surface area contributed by atoms with Crippen molar-refractivity contribution >= 4 is 11.9 Å². The lowest BCUT2D eigenvalue weighted by Gasteiger charge is -2.15. The van der Waals surface area contributed by atoms with Crippen LogP contribution in [-0.2, 0) is 19.1 Å². The topological polar surface area (TPSA) is 52.6 Å². The molecule has 1 unspecified atom stereocenters. The minimum Gasteiger partial charge on any atom is -0.425 e. The van der Waals surface area contributed by atoms with Gasteiger partial charge in [0, 0.05) is 13.3 Å². The predicted octanol–water partition coefficient (Wildman–Crippen LogP) is 10.5. The Balaban J connectivity index is 3.22. The quantitative estimate of drug-likeness (QED) is 0.0626. The number of unbranched alkanes of at least 4 members (excludes halogenated alkanes) is 22. The normalized spacial score (nSPS) is 12.1. The van der Waals surface area contributed by atoms with Crippen molar-refractivity contribution in [3.8, 4) is 0 Å². The lowest BCUT2D eigenvalue weighted by atomic mass is 10.0. The molecule has 0 fully saturated rings. The molecular formula is C32H62O4. The summed E-state index contributed by atoms with van der Waals surface area (Å²) < 4.78 is 10.2. The van der Waals surface area contributed by atoms with E-state index in [0.29, 0.717) is 6.42 Å². The van der Waals surface area contributed by atoms with Gasteiger partial charge in [0.2, 0.25) is 6.29 Å². The van der Waals surface area contributed by atoms with Crippen molar-refractivity contribution in [1.82, 2.24) is 0 Å². The molecule has 214 valence electrons. The van der Waals surface area contributed by atoms with Crippen LogP contribution in [0.1, 0.15) is 182 Å². The van der Waals surface area contributed by atoms with Crippen LogP contribution < -0.4 is 0 Å². The van der Waals surface area contributed by atoms with E-state index in [9.17, 15) is 9.59 Å². The predicted molar refractivity (Wildman–Crippen MR) is 153 cm³/mol. The number of ether oxygens (including phenoxy) is 2. The maximum Gasteiger partial charge on any atom is 0.311 e. The highest BCUT2D eigenvalue weighted by Gasteiger charge is 2.16. The Morgan fingerprint density at radius 1 is 0.472 bits per heavy atom. The Morgan fingerprint density at radius 2 is 0.778 bits per heavy atom. The Kier molecular flexibility index (Phi) is 26.2. The molecule has 0 aliphatic heterocycles.